The minimum absolute atomic E-state index is 0.382. The second-order valence-corrected chi connectivity index (χ2v) is 12.1. The summed E-state index contributed by atoms with van der Waals surface area (Å²) in [5.74, 6) is 4.70. The topological polar surface area (TPSA) is 33.1 Å². The average molecular weight is 450 g/mol. The molecule has 5 heteroatoms. The highest BCUT2D eigenvalue weighted by Crippen LogP contribution is 2.65. The molecule has 0 amide bonds. The molecule has 4 aliphatic carbocycles. The Balaban J connectivity index is 1.23. The van der Waals surface area contributed by atoms with Crippen LogP contribution in [0.5, 0.6) is 0 Å². The van der Waals surface area contributed by atoms with E-state index in [2.05, 4.69) is 11.9 Å². The van der Waals surface area contributed by atoms with E-state index >= 15 is 0 Å². The van der Waals surface area contributed by atoms with Crippen LogP contribution in [0.3, 0.4) is 0 Å². The SMILES string of the molecule is C[C@@]1(O)CC[C@H]2[C@H](CC[C@@H]3[C@@H]2CC[C@]2(C)[C@@H](CCc4ccc(C(F)(F)F)nc4)CC[C@@H]32)C1. The van der Waals surface area contributed by atoms with Gasteiger partial charge in [-0.25, -0.2) is 0 Å². The van der Waals surface area contributed by atoms with Crippen LogP contribution in [-0.2, 0) is 12.6 Å². The molecular weight excluding hydrogens is 411 g/mol. The molecule has 1 aromatic rings. The summed E-state index contributed by atoms with van der Waals surface area (Å²) in [6.45, 7) is 4.55. The zero-order valence-electron chi connectivity index (χ0n) is 19.5. The molecule has 4 fully saturated rings. The van der Waals surface area contributed by atoms with Crippen molar-refractivity contribution >= 4 is 0 Å². The molecule has 0 bridgehead atoms. The molecule has 0 unspecified atom stereocenters. The first kappa shape index (κ1) is 22.7. The minimum Gasteiger partial charge on any atom is -0.390 e. The Morgan fingerprint density at radius 3 is 2.47 bits per heavy atom. The Morgan fingerprint density at radius 2 is 1.75 bits per heavy atom. The van der Waals surface area contributed by atoms with Crippen molar-refractivity contribution < 1.29 is 18.3 Å². The summed E-state index contributed by atoms with van der Waals surface area (Å²) >= 11 is 0. The molecule has 0 spiro atoms. The minimum atomic E-state index is -4.36. The summed E-state index contributed by atoms with van der Waals surface area (Å²) in [5, 5.41) is 10.6. The molecule has 32 heavy (non-hydrogen) atoms. The zero-order chi connectivity index (χ0) is 22.7. The molecule has 1 aromatic heterocycles. The average Bonchev–Trinajstić information content (AvgIpc) is 3.07. The van der Waals surface area contributed by atoms with Crippen LogP contribution < -0.4 is 0 Å². The van der Waals surface area contributed by atoms with E-state index in [1.165, 1.54) is 51.1 Å². The summed E-state index contributed by atoms with van der Waals surface area (Å²) < 4.78 is 38.4. The largest absolute Gasteiger partial charge is 0.433 e. The number of alkyl halides is 3. The first-order chi connectivity index (χ1) is 15.1. The number of hydrogen-bond acceptors (Lipinski definition) is 2. The van der Waals surface area contributed by atoms with E-state index in [4.69, 9.17) is 0 Å². The number of hydrogen-bond donors (Lipinski definition) is 1. The number of aromatic nitrogens is 1. The highest BCUT2D eigenvalue weighted by atomic mass is 19.4. The standard InChI is InChI=1S/C27H38F3NO/c1-25(32)13-11-20-18(15-25)5-8-22-21(20)12-14-26(2)19(7-9-23(22)26)6-3-17-4-10-24(31-16-17)27(28,29)30/h4,10,16,18-23,32H,3,5-9,11-15H2,1-2H3/t18-,19+,20+,21-,22-,23+,25-,26-/m1/s1. The molecule has 5 rings (SSSR count). The van der Waals surface area contributed by atoms with Crippen molar-refractivity contribution in [3.05, 3.63) is 29.6 Å². The lowest BCUT2D eigenvalue weighted by atomic mass is 9.49. The van der Waals surface area contributed by atoms with Gasteiger partial charge in [-0.05, 0) is 130 Å². The van der Waals surface area contributed by atoms with Crippen LogP contribution in [0.25, 0.3) is 0 Å². The fraction of sp³-hybridized carbons (Fsp3) is 0.815. The van der Waals surface area contributed by atoms with Gasteiger partial charge < -0.3 is 5.11 Å². The normalized spacial score (nSPS) is 43.9. The summed E-state index contributed by atoms with van der Waals surface area (Å²) in [7, 11) is 0. The van der Waals surface area contributed by atoms with Crippen molar-refractivity contribution in [2.45, 2.75) is 96.3 Å². The van der Waals surface area contributed by atoms with Crippen LogP contribution in [0.15, 0.2) is 18.3 Å². The van der Waals surface area contributed by atoms with E-state index in [0.717, 1.165) is 61.0 Å². The van der Waals surface area contributed by atoms with Gasteiger partial charge in [0.15, 0.2) is 0 Å². The molecule has 1 N–H and O–H groups in total. The Labute approximate surface area is 190 Å². The van der Waals surface area contributed by atoms with Crippen molar-refractivity contribution in [2.24, 2.45) is 40.9 Å². The number of rotatable bonds is 3. The summed E-state index contributed by atoms with van der Waals surface area (Å²) in [4.78, 5) is 3.65. The zero-order valence-corrected chi connectivity index (χ0v) is 19.5. The third-order valence-corrected chi connectivity index (χ3v) is 10.3. The molecule has 178 valence electrons. The summed E-state index contributed by atoms with van der Waals surface area (Å²) in [6.07, 6.45) is 9.94. The molecule has 4 aliphatic rings. The maximum absolute atomic E-state index is 12.8. The summed E-state index contributed by atoms with van der Waals surface area (Å²) in [5.41, 5.74) is 0.0526. The van der Waals surface area contributed by atoms with E-state index < -0.39 is 17.5 Å². The number of aryl methyl sites for hydroxylation is 1. The Morgan fingerprint density at radius 1 is 0.969 bits per heavy atom. The lowest BCUT2D eigenvalue weighted by Gasteiger charge is -2.57. The van der Waals surface area contributed by atoms with Gasteiger partial charge in [-0.15, -0.1) is 0 Å². The van der Waals surface area contributed by atoms with Gasteiger partial charge in [0.2, 0.25) is 0 Å². The first-order valence-corrected chi connectivity index (χ1v) is 12.8. The first-order valence-electron chi connectivity index (χ1n) is 12.8. The number of aliphatic hydroxyl groups is 1. The maximum Gasteiger partial charge on any atom is 0.433 e. The Bertz CT molecular complexity index is 819. The monoisotopic (exact) mass is 449 g/mol. The Kier molecular flexibility index (Phi) is 5.66. The van der Waals surface area contributed by atoms with Gasteiger partial charge in [0.25, 0.3) is 0 Å². The third-order valence-electron chi connectivity index (χ3n) is 10.3. The van der Waals surface area contributed by atoms with Crippen LogP contribution in [0.1, 0.15) is 89.3 Å². The molecule has 0 radical (unpaired) electrons. The molecule has 0 aromatic carbocycles. The van der Waals surface area contributed by atoms with E-state index in [-0.39, 0.29) is 0 Å². The van der Waals surface area contributed by atoms with Crippen molar-refractivity contribution in [3.8, 4) is 0 Å². The molecule has 4 saturated carbocycles. The quantitative estimate of drug-likeness (QED) is 0.536. The number of halogens is 3. The van der Waals surface area contributed by atoms with E-state index in [1.54, 1.807) is 6.07 Å². The fourth-order valence-corrected chi connectivity index (χ4v) is 8.75. The fourth-order valence-electron chi connectivity index (χ4n) is 8.75. The summed E-state index contributed by atoms with van der Waals surface area (Å²) in [6, 6.07) is 2.74. The molecule has 1 heterocycles. The van der Waals surface area contributed by atoms with E-state index in [0.29, 0.717) is 17.3 Å². The number of pyridine rings is 1. The van der Waals surface area contributed by atoms with Gasteiger partial charge in [-0.3, -0.25) is 4.98 Å². The lowest BCUT2D eigenvalue weighted by molar-refractivity contribution is -0.141. The van der Waals surface area contributed by atoms with E-state index in [9.17, 15) is 18.3 Å². The van der Waals surface area contributed by atoms with Crippen LogP contribution >= 0.6 is 0 Å². The molecule has 0 saturated heterocycles. The highest BCUT2D eigenvalue weighted by molar-refractivity contribution is 5.16. The van der Waals surface area contributed by atoms with Crippen LogP contribution in [0.2, 0.25) is 0 Å². The van der Waals surface area contributed by atoms with Gasteiger partial charge in [0.1, 0.15) is 5.69 Å². The van der Waals surface area contributed by atoms with Gasteiger partial charge in [0.05, 0.1) is 5.60 Å². The molecular formula is C27H38F3NO. The second kappa shape index (κ2) is 7.99. The molecule has 8 atom stereocenters. The Hall–Kier alpha value is -1.10. The van der Waals surface area contributed by atoms with Gasteiger partial charge in [-0.2, -0.15) is 13.2 Å². The smallest absolute Gasteiger partial charge is 0.390 e. The predicted octanol–water partition coefficient (Wildman–Crippen LogP) is 7.05. The van der Waals surface area contributed by atoms with Crippen molar-refractivity contribution in [3.63, 3.8) is 0 Å². The van der Waals surface area contributed by atoms with Gasteiger partial charge >= 0.3 is 6.18 Å². The molecule has 2 nitrogen and oxygen atoms in total. The van der Waals surface area contributed by atoms with E-state index in [1.807, 2.05) is 6.92 Å². The highest BCUT2D eigenvalue weighted by Gasteiger charge is 2.57. The van der Waals surface area contributed by atoms with Gasteiger partial charge in [-0.1, -0.05) is 13.0 Å². The maximum atomic E-state index is 12.8. The van der Waals surface area contributed by atoms with Crippen LogP contribution in [-0.4, -0.2) is 15.7 Å². The third kappa shape index (κ3) is 4.01. The second-order valence-electron chi connectivity index (χ2n) is 12.1. The van der Waals surface area contributed by atoms with Crippen molar-refractivity contribution in [1.82, 2.24) is 4.98 Å². The molecule has 0 aliphatic heterocycles. The predicted molar refractivity (Wildman–Crippen MR) is 119 cm³/mol. The van der Waals surface area contributed by atoms with Gasteiger partial charge in [0, 0.05) is 6.20 Å². The van der Waals surface area contributed by atoms with Crippen molar-refractivity contribution in [2.75, 3.05) is 0 Å². The van der Waals surface area contributed by atoms with Crippen LogP contribution in [0, 0.1) is 40.9 Å². The van der Waals surface area contributed by atoms with Crippen molar-refractivity contribution in [1.29, 1.82) is 0 Å². The number of nitrogens with zero attached hydrogens (tertiary/aromatic N) is 1. The van der Waals surface area contributed by atoms with Crippen LogP contribution in [0.4, 0.5) is 13.2 Å². The lowest BCUT2D eigenvalue weighted by Crippen LogP contribution is -2.50. The number of fused-ring (bicyclic) bond motifs is 5.